The molecule has 1 aromatic carbocycles. The Morgan fingerprint density at radius 3 is 2.91 bits per heavy atom. The Morgan fingerprint density at radius 2 is 2.18 bits per heavy atom. The average molecular weight is 305 g/mol. The van der Waals surface area contributed by atoms with E-state index in [0.29, 0.717) is 31.7 Å². The average Bonchev–Trinajstić information content (AvgIpc) is 2.59. The van der Waals surface area contributed by atoms with Crippen molar-refractivity contribution in [2.75, 3.05) is 45.7 Å². The molecule has 1 aliphatic heterocycles. The second-order valence-corrected chi connectivity index (χ2v) is 5.68. The molecular formula is C16H23N3O3. The number of amides is 2. The summed E-state index contributed by atoms with van der Waals surface area (Å²) < 4.78 is 5.57. The summed E-state index contributed by atoms with van der Waals surface area (Å²) in [7, 11) is 5.66. The van der Waals surface area contributed by atoms with Gasteiger partial charge in [-0.2, -0.15) is 0 Å². The first-order valence-electron chi connectivity index (χ1n) is 7.41. The molecule has 2 rings (SSSR count). The van der Waals surface area contributed by atoms with Crippen LogP contribution in [-0.2, 0) is 16.0 Å². The van der Waals surface area contributed by atoms with E-state index in [9.17, 15) is 9.59 Å². The molecule has 0 aromatic heterocycles. The molecule has 0 atom stereocenters. The Bertz CT molecular complexity index is 558. The first kappa shape index (κ1) is 16.3. The summed E-state index contributed by atoms with van der Waals surface area (Å²) in [5, 5.41) is 2.88. The van der Waals surface area contributed by atoms with Gasteiger partial charge in [0.2, 0.25) is 11.8 Å². The second-order valence-electron chi connectivity index (χ2n) is 5.68. The van der Waals surface area contributed by atoms with Crippen molar-refractivity contribution in [3.8, 4) is 5.75 Å². The molecule has 0 spiro atoms. The quantitative estimate of drug-likeness (QED) is 0.868. The third kappa shape index (κ3) is 4.21. The van der Waals surface area contributed by atoms with Crippen LogP contribution in [0.3, 0.4) is 0 Å². The lowest BCUT2D eigenvalue weighted by atomic mass is 10.1. The van der Waals surface area contributed by atoms with Crippen LogP contribution in [0.4, 0.5) is 5.69 Å². The van der Waals surface area contributed by atoms with Gasteiger partial charge in [0.1, 0.15) is 5.75 Å². The Balaban J connectivity index is 2.02. The van der Waals surface area contributed by atoms with Crippen molar-refractivity contribution in [3.05, 3.63) is 23.8 Å². The molecule has 1 heterocycles. The van der Waals surface area contributed by atoms with Gasteiger partial charge in [0.25, 0.3) is 0 Å². The summed E-state index contributed by atoms with van der Waals surface area (Å²) in [6.45, 7) is 1.82. The Labute approximate surface area is 131 Å². The third-order valence-electron chi connectivity index (χ3n) is 3.58. The first-order chi connectivity index (χ1) is 10.5. The van der Waals surface area contributed by atoms with Crippen molar-refractivity contribution >= 4 is 17.5 Å². The van der Waals surface area contributed by atoms with Gasteiger partial charge in [-0.3, -0.25) is 9.59 Å². The van der Waals surface area contributed by atoms with Crippen molar-refractivity contribution in [2.45, 2.75) is 12.8 Å². The summed E-state index contributed by atoms with van der Waals surface area (Å²) in [6.07, 6.45) is 0.661. The molecule has 2 amide bonds. The predicted molar refractivity (Wildman–Crippen MR) is 85.2 cm³/mol. The molecule has 22 heavy (non-hydrogen) atoms. The SMILES string of the molecule is CN(C)CCNC(=O)Cc1ccc2c(c1)N(C)C(=O)CCO2. The standard InChI is InChI=1S/C16H23N3O3/c1-18(2)8-7-17-15(20)11-12-4-5-14-13(10-12)19(3)16(21)6-9-22-14/h4-5,10H,6-9,11H2,1-3H3,(H,17,20). The highest BCUT2D eigenvalue weighted by Crippen LogP contribution is 2.31. The Kier molecular flexibility index (Phi) is 5.38. The van der Waals surface area contributed by atoms with E-state index in [2.05, 4.69) is 5.32 Å². The van der Waals surface area contributed by atoms with Gasteiger partial charge in [-0.15, -0.1) is 0 Å². The van der Waals surface area contributed by atoms with Crippen LogP contribution < -0.4 is 15.0 Å². The molecule has 0 aliphatic carbocycles. The van der Waals surface area contributed by atoms with Crippen molar-refractivity contribution in [1.82, 2.24) is 10.2 Å². The van der Waals surface area contributed by atoms with Crippen LogP contribution in [0.1, 0.15) is 12.0 Å². The molecule has 0 fully saturated rings. The van der Waals surface area contributed by atoms with Gasteiger partial charge < -0.3 is 19.9 Å². The number of nitrogens with zero attached hydrogens (tertiary/aromatic N) is 2. The van der Waals surface area contributed by atoms with E-state index in [-0.39, 0.29) is 11.8 Å². The molecule has 0 bridgehead atoms. The summed E-state index contributed by atoms with van der Waals surface area (Å²) >= 11 is 0. The van der Waals surface area contributed by atoms with Gasteiger partial charge in [-0.1, -0.05) is 6.07 Å². The van der Waals surface area contributed by atoms with E-state index in [0.717, 1.165) is 17.8 Å². The fraction of sp³-hybridized carbons (Fsp3) is 0.500. The third-order valence-corrected chi connectivity index (χ3v) is 3.58. The summed E-state index contributed by atoms with van der Waals surface area (Å²) in [5.74, 6) is 0.682. The fourth-order valence-corrected chi connectivity index (χ4v) is 2.27. The van der Waals surface area contributed by atoms with E-state index in [1.54, 1.807) is 11.9 Å². The van der Waals surface area contributed by atoms with Crippen LogP contribution >= 0.6 is 0 Å². The maximum Gasteiger partial charge on any atom is 0.230 e. The van der Waals surface area contributed by atoms with Crippen LogP contribution in [0.15, 0.2) is 18.2 Å². The van der Waals surface area contributed by atoms with E-state index in [1.165, 1.54) is 0 Å². The first-order valence-corrected chi connectivity index (χ1v) is 7.41. The molecule has 1 aromatic rings. The van der Waals surface area contributed by atoms with Gasteiger partial charge in [-0.05, 0) is 31.8 Å². The highest BCUT2D eigenvalue weighted by molar-refractivity contribution is 5.95. The van der Waals surface area contributed by atoms with E-state index in [4.69, 9.17) is 4.74 Å². The number of carbonyl (C=O) groups is 2. The number of nitrogens with one attached hydrogen (secondary N) is 1. The topological polar surface area (TPSA) is 61.9 Å². The monoisotopic (exact) mass is 305 g/mol. The molecule has 0 radical (unpaired) electrons. The minimum Gasteiger partial charge on any atom is -0.491 e. The van der Waals surface area contributed by atoms with Gasteiger partial charge in [0.15, 0.2) is 0 Å². The number of rotatable bonds is 5. The largest absolute Gasteiger partial charge is 0.491 e. The van der Waals surface area contributed by atoms with Crippen LogP contribution in [-0.4, -0.2) is 57.6 Å². The van der Waals surface area contributed by atoms with Crippen molar-refractivity contribution in [2.24, 2.45) is 0 Å². The molecule has 0 unspecified atom stereocenters. The Hall–Kier alpha value is -2.08. The fourth-order valence-electron chi connectivity index (χ4n) is 2.27. The number of hydrogen-bond acceptors (Lipinski definition) is 4. The maximum atomic E-state index is 11.9. The van der Waals surface area contributed by atoms with Crippen LogP contribution in [0.2, 0.25) is 0 Å². The van der Waals surface area contributed by atoms with Crippen molar-refractivity contribution < 1.29 is 14.3 Å². The molecular weight excluding hydrogens is 282 g/mol. The summed E-state index contributed by atoms with van der Waals surface area (Å²) in [6, 6.07) is 5.55. The number of fused-ring (bicyclic) bond motifs is 1. The minimum absolute atomic E-state index is 0.0198. The molecule has 1 N–H and O–H groups in total. The highest BCUT2D eigenvalue weighted by atomic mass is 16.5. The molecule has 0 saturated carbocycles. The smallest absolute Gasteiger partial charge is 0.230 e. The normalized spacial score (nSPS) is 14.4. The lowest BCUT2D eigenvalue weighted by molar-refractivity contribution is -0.120. The summed E-state index contributed by atoms with van der Waals surface area (Å²) in [5.41, 5.74) is 1.59. The second kappa shape index (κ2) is 7.26. The highest BCUT2D eigenvalue weighted by Gasteiger charge is 2.20. The van der Waals surface area contributed by atoms with Crippen molar-refractivity contribution in [1.29, 1.82) is 0 Å². The van der Waals surface area contributed by atoms with Gasteiger partial charge in [0, 0.05) is 20.1 Å². The zero-order valence-electron chi connectivity index (χ0n) is 13.4. The van der Waals surface area contributed by atoms with E-state index in [1.807, 2.05) is 37.2 Å². The number of carbonyl (C=O) groups excluding carboxylic acids is 2. The van der Waals surface area contributed by atoms with Gasteiger partial charge in [0.05, 0.1) is 25.1 Å². The zero-order valence-corrected chi connectivity index (χ0v) is 13.4. The lowest BCUT2D eigenvalue weighted by Gasteiger charge is -2.17. The summed E-state index contributed by atoms with van der Waals surface area (Å²) in [4.78, 5) is 27.4. The van der Waals surface area contributed by atoms with E-state index < -0.39 is 0 Å². The van der Waals surface area contributed by atoms with Gasteiger partial charge in [-0.25, -0.2) is 0 Å². The number of hydrogen-bond donors (Lipinski definition) is 1. The van der Waals surface area contributed by atoms with Crippen LogP contribution in [0, 0.1) is 0 Å². The number of benzene rings is 1. The zero-order chi connectivity index (χ0) is 16.1. The molecule has 6 heteroatoms. The molecule has 6 nitrogen and oxygen atoms in total. The number of likely N-dealkylation sites (N-methyl/N-ethyl adjacent to an activating group) is 1. The van der Waals surface area contributed by atoms with Crippen LogP contribution in [0.5, 0.6) is 5.75 Å². The number of ether oxygens (including phenoxy) is 1. The van der Waals surface area contributed by atoms with Crippen LogP contribution in [0.25, 0.3) is 0 Å². The minimum atomic E-state index is -0.0229. The Morgan fingerprint density at radius 1 is 1.41 bits per heavy atom. The maximum absolute atomic E-state index is 11.9. The number of anilines is 1. The van der Waals surface area contributed by atoms with E-state index >= 15 is 0 Å². The molecule has 120 valence electrons. The molecule has 1 aliphatic rings. The molecule has 0 saturated heterocycles. The predicted octanol–water partition coefficient (Wildman–Crippen LogP) is 0.652. The van der Waals surface area contributed by atoms with Crippen molar-refractivity contribution in [3.63, 3.8) is 0 Å². The lowest BCUT2D eigenvalue weighted by Crippen LogP contribution is -2.32. The van der Waals surface area contributed by atoms with Gasteiger partial charge >= 0.3 is 0 Å².